The van der Waals surface area contributed by atoms with Gasteiger partial charge in [-0.25, -0.2) is 0 Å². The number of hydrogen-bond acceptors (Lipinski definition) is 7. The predicted molar refractivity (Wildman–Crippen MR) is 82.6 cm³/mol. The van der Waals surface area contributed by atoms with Gasteiger partial charge in [0.2, 0.25) is 5.89 Å². The van der Waals surface area contributed by atoms with Gasteiger partial charge in [0.1, 0.15) is 11.5 Å². The predicted octanol–water partition coefficient (Wildman–Crippen LogP) is 1.97. The zero-order chi connectivity index (χ0) is 16.2. The molecule has 2 heterocycles. The third-order valence-electron chi connectivity index (χ3n) is 3.94. The average Bonchev–Trinajstić information content (AvgIpc) is 3.01. The van der Waals surface area contributed by atoms with Crippen LogP contribution in [0.4, 0.5) is 0 Å². The fourth-order valence-corrected chi connectivity index (χ4v) is 2.74. The minimum atomic E-state index is -0.0305. The van der Waals surface area contributed by atoms with Crippen molar-refractivity contribution >= 4 is 0 Å². The van der Waals surface area contributed by atoms with E-state index in [-0.39, 0.29) is 6.04 Å². The summed E-state index contributed by atoms with van der Waals surface area (Å²) in [7, 11) is 3.33. The van der Waals surface area contributed by atoms with Crippen LogP contribution in [-0.4, -0.2) is 49.0 Å². The van der Waals surface area contributed by atoms with E-state index in [1.54, 1.807) is 21.1 Å². The minimum absolute atomic E-state index is 0.0305. The molecule has 7 heteroatoms. The summed E-state index contributed by atoms with van der Waals surface area (Å²) in [6.45, 7) is 4.50. The van der Waals surface area contributed by atoms with Crippen LogP contribution in [0, 0.1) is 6.92 Å². The Kier molecular flexibility index (Phi) is 4.78. The highest BCUT2D eigenvalue weighted by molar-refractivity contribution is 5.40. The second kappa shape index (κ2) is 6.97. The SMILES string of the molecule is COc1ccc(OC)c(CN2CCOC[C@@H]2c2noc(C)n2)c1. The van der Waals surface area contributed by atoms with Gasteiger partial charge in [-0.1, -0.05) is 5.16 Å². The Bertz CT molecular complexity index is 659. The third-order valence-corrected chi connectivity index (χ3v) is 3.94. The molecule has 1 aliphatic heterocycles. The summed E-state index contributed by atoms with van der Waals surface area (Å²) in [6, 6.07) is 5.77. The zero-order valence-corrected chi connectivity index (χ0v) is 13.6. The molecule has 0 unspecified atom stereocenters. The zero-order valence-electron chi connectivity index (χ0n) is 13.6. The van der Waals surface area contributed by atoms with E-state index in [0.29, 0.717) is 31.5 Å². The first kappa shape index (κ1) is 15.8. The van der Waals surface area contributed by atoms with Crippen LogP contribution in [0.5, 0.6) is 11.5 Å². The molecule has 23 heavy (non-hydrogen) atoms. The first-order chi connectivity index (χ1) is 11.2. The standard InChI is InChI=1S/C16H21N3O4/c1-11-17-16(18-23-11)14-10-22-7-6-19(14)9-12-8-13(20-2)4-5-15(12)21-3/h4-5,8,14H,6-7,9-10H2,1-3H3/t14-/m1/s1. The molecule has 0 saturated carbocycles. The van der Waals surface area contributed by atoms with Gasteiger partial charge in [0.25, 0.3) is 0 Å². The summed E-state index contributed by atoms with van der Waals surface area (Å²) in [6.07, 6.45) is 0. The van der Waals surface area contributed by atoms with E-state index in [1.165, 1.54) is 0 Å². The summed E-state index contributed by atoms with van der Waals surface area (Å²) in [5.41, 5.74) is 1.05. The van der Waals surface area contributed by atoms with Gasteiger partial charge in [0, 0.05) is 25.6 Å². The Morgan fingerprint density at radius 3 is 2.87 bits per heavy atom. The molecule has 124 valence electrons. The number of benzene rings is 1. The molecule has 1 atom stereocenters. The van der Waals surface area contributed by atoms with Crippen molar-refractivity contribution in [2.75, 3.05) is 34.0 Å². The Morgan fingerprint density at radius 1 is 1.30 bits per heavy atom. The first-order valence-corrected chi connectivity index (χ1v) is 7.54. The van der Waals surface area contributed by atoms with Crippen molar-refractivity contribution in [1.82, 2.24) is 15.0 Å². The summed E-state index contributed by atoms with van der Waals surface area (Å²) in [5.74, 6) is 2.86. The highest BCUT2D eigenvalue weighted by Crippen LogP contribution is 2.29. The molecule has 1 aromatic carbocycles. The molecule has 1 fully saturated rings. The summed E-state index contributed by atoms with van der Waals surface area (Å²) >= 11 is 0. The van der Waals surface area contributed by atoms with E-state index in [9.17, 15) is 0 Å². The number of ether oxygens (including phenoxy) is 3. The van der Waals surface area contributed by atoms with Crippen LogP contribution in [0.3, 0.4) is 0 Å². The largest absolute Gasteiger partial charge is 0.497 e. The van der Waals surface area contributed by atoms with E-state index in [1.807, 2.05) is 18.2 Å². The summed E-state index contributed by atoms with van der Waals surface area (Å²) in [5, 5.41) is 4.04. The van der Waals surface area contributed by atoms with Crippen molar-refractivity contribution in [3.63, 3.8) is 0 Å². The maximum Gasteiger partial charge on any atom is 0.223 e. The third kappa shape index (κ3) is 3.46. The second-order valence-electron chi connectivity index (χ2n) is 5.41. The number of aromatic nitrogens is 2. The molecular weight excluding hydrogens is 298 g/mol. The fraction of sp³-hybridized carbons (Fsp3) is 0.500. The molecule has 2 aromatic rings. The van der Waals surface area contributed by atoms with E-state index in [0.717, 1.165) is 23.6 Å². The van der Waals surface area contributed by atoms with Crippen LogP contribution >= 0.6 is 0 Å². The maximum absolute atomic E-state index is 5.60. The first-order valence-electron chi connectivity index (χ1n) is 7.54. The van der Waals surface area contributed by atoms with Crippen molar-refractivity contribution in [1.29, 1.82) is 0 Å². The molecule has 0 radical (unpaired) electrons. The van der Waals surface area contributed by atoms with Crippen LogP contribution < -0.4 is 9.47 Å². The van der Waals surface area contributed by atoms with Crippen LogP contribution in [0.25, 0.3) is 0 Å². The lowest BCUT2D eigenvalue weighted by atomic mass is 10.1. The minimum Gasteiger partial charge on any atom is -0.497 e. The average molecular weight is 319 g/mol. The van der Waals surface area contributed by atoms with Gasteiger partial charge in [0.05, 0.1) is 33.5 Å². The van der Waals surface area contributed by atoms with Crippen LogP contribution in [-0.2, 0) is 11.3 Å². The van der Waals surface area contributed by atoms with Crippen LogP contribution in [0.2, 0.25) is 0 Å². The van der Waals surface area contributed by atoms with Crippen LogP contribution in [0.1, 0.15) is 23.3 Å². The summed E-state index contributed by atoms with van der Waals surface area (Å²) in [4.78, 5) is 6.62. The molecule has 1 aromatic heterocycles. The van der Waals surface area contributed by atoms with Gasteiger partial charge in [0.15, 0.2) is 5.82 Å². The monoisotopic (exact) mass is 319 g/mol. The number of aryl methyl sites for hydroxylation is 1. The van der Waals surface area contributed by atoms with Crippen molar-refractivity contribution < 1.29 is 18.7 Å². The molecule has 1 saturated heterocycles. The molecular formula is C16H21N3O4. The highest BCUT2D eigenvalue weighted by Gasteiger charge is 2.29. The van der Waals surface area contributed by atoms with E-state index < -0.39 is 0 Å². The van der Waals surface area contributed by atoms with Crippen LogP contribution in [0.15, 0.2) is 22.7 Å². The molecule has 3 rings (SSSR count). The Labute approximate surface area is 135 Å². The fourth-order valence-electron chi connectivity index (χ4n) is 2.74. The maximum atomic E-state index is 5.60. The van der Waals surface area contributed by atoms with Gasteiger partial charge < -0.3 is 18.7 Å². The van der Waals surface area contributed by atoms with Crippen molar-refractivity contribution in [2.24, 2.45) is 0 Å². The quantitative estimate of drug-likeness (QED) is 0.834. The topological polar surface area (TPSA) is 69.9 Å². The normalized spacial score (nSPS) is 18.8. The van der Waals surface area contributed by atoms with Crippen molar-refractivity contribution in [3.8, 4) is 11.5 Å². The lowest BCUT2D eigenvalue weighted by molar-refractivity contribution is -0.0169. The molecule has 0 spiro atoms. The molecule has 0 N–H and O–H groups in total. The number of nitrogens with zero attached hydrogens (tertiary/aromatic N) is 3. The molecule has 0 amide bonds. The van der Waals surface area contributed by atoms with E-state index in [2.05, 4.69) is 15.0 Å². The number of morpholine rings is 1. The van der Waals surface area contributed by atoms with Crippen molar-refractivity contribution in [3.05, 3.63) is 35.5 Å². The van der Waals surface area contributed by atoms with Gasteiger partial charge >= 0.3 is 0 Å². The van der Waals surface area contributed by atoms with Gasteiger partial charge in [-0.05, 0) is 18.2 Å². The van der Waals surface area contributed by atoms with Gasteiger partial charge in [-0.15, -0.1) is 0 Å². The smallest absolute Gasteiger partial charge is 0.223 e. The van der Waals surface area contributed by atoms with E-state index >= 15 is 0 Å². The Balaban J connectivity index is 1.84. The summed E-state index contributed by atoms with van der Waals surface area (Å²) < 4.78 is 21.5. The molecule has 0 bridgehead atoms. The van der Waals surface area contributed by atoms with Gasteiger partial charge in [-0.3, -0.25) is 4.90 Å². The molecule has 0 aliphatic carbocycles. The van der Waals surface area contributed by atoms with E-state index in [4.69, 9.17) is 18.7 Å². The number of hydrogen-bond donors (Lipinski definition) is 0. The van der Waals surface area contributed by atoms with Crippen molar-refractivity contribution in [2.45, 2.75) is 19.5 Å². The Hall–Kier alpha value is -2.12. The lowest BCUT2D eigenvalue weighted by Gasteiger charge is -2.33. The highest BCUT2D eigenvalue weighted by atomic mass is 16.5. The van der Waals surface area contributed by atoms with Gasteiger partial charge in [-0.2, -0.15) is 4.98 Å². The lowest BCUT2D eigenvalue weighted by Crippen LogP contribution is -2.39. The molecule has 1 aliphatic rings. The number of rotatable bonds is 5. The number of methoxy groups -OCH3 is 2. The Morgan fingerprint density at radius 2 is 2.17 bits per heavy atom. The second-order valence-corrected chi connectivity index (χ2v) is 5.41. The molecule has 7 nitrogen and oxygen atoms in total.